The number of phenolic OH excluding ortho intramolecular Hbond substituents is 1. The second-order valence-electron chi connectivity index (χ2n) is 4.06. The van der Waals surface area contributed by atoms with Gasteiger partial charge < -0.3 is 5.11 Å². The molecule has 0 spiro atoms. The number of benzene rings is 2. The molecule has 1 amide bonds. The van der Waals surface area contributed by atoms with Crippen molar-refractivity contribution in [3.63, 3.8) is 0 Å². The first kappa shape index (κ1) is 16.2. The van der Waals surface area contributed by atoms with E-state index in [1.165, 1.54) is 6.21 Å². The second kappa shape index (κ2) is 7.20. The maximum Gasteiger partial charge on any atom is 0.271 e. The summed E-state index contributed by atoms with van der Waals surface area (Å²) in [5.74, 6) is -0.266. The van der Waals surface area contributed by atoms with Gasteiger partial charge in [-0.15, -0.1) is 0 Å². The largest absolute Gasteiger partial charge is 0.507 e. The van der Waals surface area contributed by atoms with E-state index in [4.69, 9.17) is 0 Å². The van der Waals surface area contributed by atoms with Gasteiger partial charge in [0.05, 0.1) is 6.21 Å². The predicted molar refractivity (Wildman–Crippen MR) is 92.7 cm³/mol. The number of hydrazone groups is 1. The standard InChI is InChI=1S/C14H9Br3N2O2/c15-10-2-1-8(13(20)6-10)7-18-19-14(21)9-3-11(16)5-12(17)4-9/h1-7,20H,(H,19,21)/b18-7+. The minimum absolute atomic E-state index is 0.0765. The fourth-order valence-corrected chi connectivity index (χ4v) is 3.18. The third-order valence-corrected chi connectivity index (χ3v) is 3.90. The van der Waals surface area contributed by atoms with Crippen LogP contribution in [0.2, 0.25) is 0 Å². The zero-order valence-electron chi connectivity index (χ0n) is 10.5. The highest BCUT2D eigenvalue weighted by Gasteiger charge is 2.06. The highest BCUT2D eigenvalue weighted by Crippen LogP contribution is 2.21. The molecule has 0 saturated carbocycles. The highest BCUT2D eigenvalue weighted by atomic mass is 79.9. The first-order chi connectivity index (χ1) is 9.95. The molecule has 2 aromatic carbocycles. The molecule has 4 nitrogen and oxygen atoms in total. The minimum atomic E-state index is -0.343. The maximum absolute atomic E-state index is 11.9. The van der Waals surface area contributed by atoms with Gasteiger partial charge in [-0.3, -0.25) is 4.79 Å². The molecule has 0 bridgehead atoms. The Morgan fingerprint density at radius 1 is 1.05 bits per heavy atom. The van der Waals surface area contributed by atoms with E-state index in [1.807, 2.05) is 6.07 Å². The van der Waals surface area contributed by atoms with Crippen molar-refractivity contribution in [2.45, 2.75) is 0 Å². The lowest BCUT2D eigenvalue weighted by Gasteiger charge is -2.02. The lowest BCUT2D eigenvalue weighted by Crippen LogP contribution is -2.17. The van der Waals surface area contributed by atoms with E-state index in [-0.39, 0.29) is 11.7 Å². The number of carbonyl (C=O) groups is 1. The minimum Gasteiger partial charge on any atom is -0.507 e. The summed E-state index contributed by atoms with van der Waals surface area (Å²) in [5, 5.41) is 13.5. The van der Waals surface area contributed by atoms with Crippen molar-refractivity contribution >= 4 is 59.9 Å². The Balaban J connectivity index is 2.08. The molecule has 0 aliphatic heterocycles. The quantitative estimate of drug-likeness (QED) is 0.508. The zero-order valence-corrected chi connectivity index (χ0v) is 15.2. The Morgan fingerprint density at radius 3 is 2.33 bits per heavy atom. The molecule has 2 aromatic rings. The van der Waals surface area contributed by atoms with Crippen LogP contribution in [-0.4, -0.2) is 17.2 Å². The van der Waals surface area contributed by atoms with Crippen LogP contribution in [0.15, 0.2) is 54.9 Å². The fourth-order valence-electron chi connectivity index (χ4n) is 1.54. The summed E-state index contributed by atoms with van der Waals surface area (Å²) in [5.41, 5.74) is 3.38. The van der Waals surface area contributed by atoms with Crippen molar-refractivity contribution < 1.29 is 9.90 Å². The van der Waals surface area contributed by atoms with E-state index in [9.17, 15) is 9.90 Å². The van der Waals surface area contributed by atoms with Crippen molar-refractivity contribution in [2.75, 3.05) is 0 Å². The highest BCUT2D eigenvalue weighted by molar-refractivity contribution is 9.11. The summed E-state index contributed by atoms with van der Waals surface area (Å²) in [6, 6.07) is 10.2. The third kappa shape index (κ3) is 4.66. The average Bonchev–Trinajstić information content (AvgIpc) is 2.40. The van der Waals surface area contributed by atoms with E-state index in [0.29, 0.717) is 11.1 Å². The number of amides is 1. The Bertz CT molecular complexity index is 697. The van der Waals surface area contributed by atoms with Crippen LogP contribution in [0.25, 0.3) is 0 Å². The topological polar surface area (TPSA) is 61.7 Å². The molecule has 0 heterocycles. The van der Waals surface area contributed by atoms with Gasteiger partial charge in [0.2, 0.25) is 0 Å². The SMILES string of the molecule is O=C(N/N=C/c1ccc(Br)cc1O)c1cc(Br)cc(Br)c1. The molecule has 7 heteroatoms. The van der Waals surface area contributed by atoms with Gasteiger partial charge in [0.25, 0.3) is 5.91 Å². The number of hydrogen-bond donors (Lipinski definition) is 2. The summed E-state index contributed by atoms with van der Waals surface area (Å²) >= 11 is 9.88. The smallest absolute Gasteiger partial charge is 0.271 e. The molecule has 21 heavy (non-hydrogen) atoms. The van der Waals surface area contributed by atoms with Crippen LogP contribution < -0.4 is 5.43 Å². The van der Waals surface area contributed by atoms with Gasteiger partial charge in [0.1, 0.15) is 5.75 Å². The third-order valence-electron chi connectivity index (χ3n) is 2.49. The number of rotatable bonds is 3. The molecule has 0 aliphatic carbocycles. The molecule has 0 atom stereocenters. The summed E-state index contributed by atoms with van der Waals surface area (Å²) in [6.07, 6.45) is 1.38. The summed E-state index contributed by atoms with van der Waals surface area (Å²) in [4.78, 5) is 11.9. The van der Waals surface area contributed by atoms with Gasteiger partial charge in [0, 0.05) is 24.5 Å². The van der Waals surface area contributed by atoms with Crippen LogP contribution in [0.5, 0.6) is 5.75 Å². The van der Waals surface area contributed by atoms with Crippen molar-refractivity contribution in [3.8, 4) is 5.75 Å². The van der Waals surface area contributed by atoms with Gasteiger partial charge in [-0.25, -0.2) is 5.43 Å². The monoisotopic (exact) mass is 474 g/mol. The number of phenols is 1. The fraction of sp³-hybridized carbons (Fsp3) is 0. The van der Waals surface area contributed by atoms with Crippen molar-refractivity contribution in [3.05, 3.63) is 60.9 Å². The van der Waals surface area contributed by atoms with Gasteiger partial charge >= 0.3 is 0 Å². The summed E-state index contributed by atoms with van der Waals surface area (Å²) < 4.78 is 2.34. The van der Waals surface area contributed by atoms with Crippen molar-refractivity contribution in [2.24, 2.45) is 5.10 Å². The van der Waals surface area contributed by atoms with Crippen LogP contribution in [0.3, 0.4) is 0 Å². The summed E-state index contributed by atoms with van der Waals surface area (Å²) in [6.45, 7) is 0. The van der Waals surface area contributed by atoms with Crippen LogP contribution >= 0.6 is 47.8 Å². The Morgan fingerprint density at radius 2 is 1.71 bits per heavy atom. The first-order valence-corrected chi connectivity index (χ1v) is 8.11. The Hall–Kier alpha value is -1.18. The predicted octanol–water partition coefficient (Wildman–Crippen LogP) is 4.44. The van der Waals surface area contributed by atoms with Crippen LogP contribution in [0, 0.1) is 0 Å². The molecular formula is C14H9Br3N2O2. The van der Waals surface area contributed by atoms with E-state index in [0.717, 1.165) is 13.4 Å². The number of carbonyl (C=O) groups excluding carboxylic acids is 1. The lowest BCUT2D eigenvalue weighted by molar-refractivity contribution is 0.0955. The van der Waals surface area contributed by atoms with Crippen molar-refractivity contribution in [1.29, 1.82) is 0 Å². The molecule has 0 saturated heterocycles. The van der Waals surface area contributed by atoms with E-state index in [2.05, 4.69) is 58.3 Å². The molecule has 0 aliphatic rings. The molecule has 2 rings (SSSR count). The Labute approximate surface area is 146 Å². The van der Waals surface area contributed by atoms with E-state index < -0.39 is 0 Å². The zero-order chi connectivity index (χ0) is 15.4. The number of aromatic hydroxyl groups is 1. The normalized spacial score (nSPS) is 10.8. The van der Waals surface area contributed by atoms with E-state index >= 15 is 0 Å². The molecule has 108 valence electrons. The van der Waals surface area contributed by atoms with Gasteiger partial charge in [0.15, 0.2) is 0 Å². The molecule has 0 unspecified atom stereocenters. The van der Waals surface area contributed by atoms with Crippen LogP contribution in [-0.2, 0) is 0 Å². The molecule has 0 fully saturated rings. The number of halogens is 3. The van der Waals surface area contributed by atoms with Crippen LogP contribution in [0.1, 0.15) is 15.9 Å². The number of hydrogen-bond acceptors (Lipinski definition) is 3. The van der Waals surface area contributed by atoms with Gasteiger partial charge in [-0.2, -0.15) is 5.10 Å². The van der Waals surface area contributed by atoms with Gasteiger partial charge in [-0.05, 0) is 36.4 Å². The van der Waals surface area contributed by atoms with Gasteiger partial charge in [-0.1, -0.05) is 47.8 Å². The molecular weight excluding hydrogens is 468 g/mol. The van der Waals surface area contributed by atoms with Crippen LogP contribution in [0.4, 0.5) is 0 Å². The maximum atomic E-state index is 11.9. The number of nitrogens with one attached hydrogen (secondary N) is 1. The lowest BCUT2D eigenvalue weighted by atomic mass is 10.2. The molecule has 2 N–H and O–H groups in total. The average molecular weight is 477 g/mol. The summed E-state index contributed by atoms with van der Waals surface area (Å²) in [7, 11) is 0. The second-order valence-corrected chi connectivity index (χ2v) is 6.81. The number of nitrogens with zero attached hydrogens (tertiary/aromatic N) is 1. The Kier molecular flexibility index (Phi) is 5.55. The molecule has 0 radical (unpaired) electrons. The van der Waals surface area contributed by atoms with E-state index in [1.54, 1.807) is 30.3 Å². The molecule has 0 aromatic heterocycles. The first-order valence-electron chi connectivity index (χ1n) is 5.74. The van der Waals surface area contributed by atoms with Crippen molar-refractivity contribution in [1.82, 2.24) is 5.43 Å².